The van der Waals surface area contributed by atoms with Crippen LogP contribution in [0.2, 0.25) is 0 Å². The smallest absolute Gasteiger partial charge is 0.0698 e. The second-order valence-electron chi connectivity index (χ2n) is 1.83. The topological polar surface area (TPSA) is 50.9 Å². The van der Waals surface area contributed by atoms with E-state index in [0.717, 1.165) is 11.3 Å². The van der Waals surface area contributed by atoms with Crippen molar-refractivity contribution in [2.45, 2.75) is 6.92 Å². The maximum Gasteiger partial charge on any atom is 0.0698 e. The Morgan fingerprint density at radius 1 is 1.60 bits per heavy atom. The van der Waals surface area contributed by atoms with Crippen molar-refractivity contribution >= 4 is 18.1 Å². The summed E-state index contributed by atoms with van der Waals surface area (Å²) in [6.45, 7) is 1.97. The van der Waals surface area contributed by atoms with Crippen LogP contribution in [0.15, 0.2) is 18.5 Å². The predicted octanol–water partition coefficient (Wildman–Crippen LogP) is 1.10. The normalized spacial score (nSPS) is 8.20. The summed E-state index contributed by atoms with van der Waals surface area (Å²) in [6, 6.07) is 1.90. The maximum atomic E-state index is 5.16. The average molecular weight is 160 g/mol. The van der Waals surface area contributed by atoms with Crippen molar-refractivity contribution in [3.8, 4) is 0 Å². The van der Waals surface area contributed by atoms with Gasteiger partial charge in [0.05, 0.1) is 11.9 Å². The van der Waals surface area contributed by atoms with Gasteiger partial charge in [-0.25, -0.2) is 0 Å². The molecule has 1 aromatic heterocycles. The summed E-state index contributed by atoms with van der Waals surface area (Å²) in [6.07, 6.45) is 3.42. The lowest BCUT2D eigenvalue weighted by atomic mass is 10.3. The number of hydrazine groups is 1. The average Bonchev–Trinajstić information content (AvgIpc) is 1.89. The van der Waals surface area contributed by atoms with Gasteiger partial charge in [0.25, 0.3) is 0 Å². The van der Waals surface area contributed by atoms with Crippen molar-refractivity contribution in [3.63, 3.8) is 0 Å². The van der Waals surface area contributed by atoms with E-state index in [-0.39, 0.29) is 12.4 Å². The Bertz CT molecular complexity index is 202. The molecule has 0 saturated carbocycles. The molecule has 0 unspecified atom stereocenters. The van der Waals surface area contributed by atoms with Gasteiger partial charge in [-0.1, -0.05) is 0 Å². The fraction of sp³-hybridized carbons (Fsp3) is 0.167. The molecule has 56 valence electrons. The molecule has 0 aliphatic rings. The lowest BCUT2D eigenvalue weighted by molar-refractivity contribution is 1.23. The first kappa shape index (κ1) is 9.20. The van der Waals surface area contributed by atoms with E-state index in [0.29, 0.717) is 0 Å². The summed E-state index contributed by atoms with van der Waals surface area (Å²) in [5, 5.41) is 0. The van der Waals surface area contributed by atoms with Crippen LogP contribution in [0.4, 0.5) is 5.69 Å². The molecule has 10 heavy (non-hydrogen) atoms. The van der Waals surface area contributed by atoms with Crippen LogP contribution in [0.1, 0.15) is 5.56 Å². The molecule has 0 atom stereocenters. The van der Waals surface area contributed by atoms with Crippen molar-refractivity contribution in [1.29, 1.82) is 0 Å². The summed E-state index contributed by atoms with van der Waals surface area (Å²) >= 11 is 0. The standard InChI is InChI=1S/C6H9N3.ClH/c1-5-2-3-8-4-6(5)9-7;/h2-4,9H,7H2,1H3;1H. The first-order valence-electron chi connectivity index (χ1n) is 2.72. The van der Waals surface area contributed by atoms with E-state index in [1.807, 2.05) is 13.0 Å². The summed E-state index contributed by atoms with van der Waals surface area (Å²) in [7, 11) is 0. The number of aromatic nitrogens is 1. The van der Waals surface area contributed by atoms with Crippen molar-refractivity contribution in [3.05, 3.63) is 24.0 Å². The van der Waals surface area contributed by atoms with E-state index >= 15 is 0 Å². The molecule has 0 fully saturated rings. The van der Waals surface area contributed by atoms with Crippen LogP contribution >= 0.6 is 12.4 Å². The molecule has 0 spiro atoms. The number of nitrogen functional groups attached to an aromatic ring is 1. The number of hydrogen-bond acceptors (Lipinski definition) is 3. The second kappa shape index (κ2) is 4.09. The minimum absolute atomic E-state index is 0. The van der Waals surface area contributed by atoms with Crippen LogP contribution in [0.3, 0.4) is 0 Å². The molecule has 0 aromatic carbocycles. The first-order chi connectivity index (χ1) is 4.34. The second-order valence-corrected chi connectivity index (χ2v) is 1.83. The number of nitrogens with zero attached hydrogens (tertiary/aromatic N) is 1. The number of halogens is 1. The SMILES string of the molecule is Cc1ccncc1NN.Cl. The third-order valence-corrected chi connectivity index (χ3v) is 1.19. The maximum absolute atomic E-state index is 5.16. The fourth-order valence-electron chi connectivity index (χ4n) is 0.615. The molecule has 0 amide bonds. The molecule has 1 rings (SSSR count). The molecule has 1 aromatic rings. The lowest BCUT2D eigenvalue weighted by Gasteiger charge is -2.00. The minimum Gasteiger partial charge on any atom is -0.322 e. The van der Waals surface area contributed by atoms with Crippen molar-refractivity contribution < 1.29 is 0 Å². The van der Waals surface area contributed by atoms with Gasteiger partial charge in [-0.05, 0) is 18.6 Å². The third kappa shape index (κ3) is 1.86. The van der Waals surface area contributed by atoms with Crippen molar-refractivity contribution in [2.24, 2.45) is 5.84 Å². The molecule has 3 N–H and O–H groups in total. The van der Waals surface area contributed by atoms with E-state index in [2.05, 4.69) is 10.4 Å². The number of pyridine rings is 1. The van der Waals surface area contributed by atoms with E-state index in [4.69, 9.17) is 5.84 Å². The highest BCUT2D eigenvalue weighted by Gasteiger charge is 1.90. The summed E-state index contributed by atoms with van der Waals surface area (Å²) in [5.74, 6) is 5.16. The molecular formula is C6H10ClN3. The van der Waals surface area contributed by atoms with Crippen LogP contribution in [0, 0.1) is 6.92 Å². The Balaban J connectivity index is 0.000000810. The highest BCUT2D eigenvalue weighted by molar-refractivity contribution is 5.85. The van der Waals surface area contributed by atoms with Gasteiger partial charge in [0.15, 0.2) is 0 Å². The molecule has 1 heterocycles. The molecule has 0 aliphatic carbocycles. The quantitative estimate of drug-likeness (QED) is 0.477. The monoisotopic (exact) mass is 159 g/mol. The van der Waals surface area contributed by atoms with Gasteiger partial charge in [0.1, 0.15) is 0 Å². The number of rotatable bonds is 1. The highest BCUT2D eigenvalue weighted by atomic mass is 35.5. The van der Waals surface area contributed by atoms with Gasteiger partial charge in [-0.15, -0.1) is 12.4 Å². The number of anilines is 1. The summed E-state index contributed by atoms with van der Waals surface area (Å²) < 4.78 is 0. The van der Waals surface area contributed by atoms with Crippen LogP contribution in [-0.4, -0.2) is 4.98 Å². The van der Waals surface area contributed by atoms with Crippen LogP contribution in [-0.2, 0) is 0 Å². The third-order valence-electron chi connectivity index (χ3n) is 1.19. The molecule has 0 radical (unpaired) electrons. The largest absolute Gasteiger partial charge is 0.322 e. The summed E-state index contributed by atoms with van der Waals surface area (Å²) in [4.78, 5) is 3.87. The molecular weight excluding hydrogens is 150 g/mol. The first-order valence-corrected chi connectivity index (χ1v) is 2.72. The predicted molar refractivity (Wildman–Crippen MR) is 44.0 cm³/mol. The minimum atomic E-state index is 0. The van der Waals surface area contributed by atoms with Gasteiger partial charge < -0.3 is 5.43 Å². The van der Waals surface area contributed by atoms with Crippen LogP contribution < -0.4 is 11.3 Å². The zero-order valence-electron chi connectivity index (χ0n) is 5.66. The zero-order chi connectivity index (χ0) is 6.69. The van der Waals surface area contributed by atoms with E-state index in [1.165, 1.54) is 0 Å². The Morgan fingerprint density at radius 3 is 2.70 bits per heavy atom. The van der Waals surface area contributed by atoms with E-state index < -0.39 is 0 Å². The Morgan fingerprint density at radius 2 is 2.30 bits per heavy atom. The van der Waals surface area contributed by atoms with E-state index in [1.54, 1.807) is 12.4 Å². The van der Waals surface area contributed by atoms with Crippen LogP contribution in [0.5, 0.6) is 0 Å². The van der Waals surface area contributed by atoms with E-state index in [9.17, 15) is 0 Å². The Hall–Kier alpha value is -0.800. The number of aryl methyl sites for hydroxylation is 1. The van der Waals surface area contributed by atoms with Crippen molar-refractivity contribution in [2.75, 3.05) is 5.43 Å². The van der Waals surface area contributed by atoms with Gasteiger partial charge >= 0.3 is 0 Å². The molecule has 0 aliphatic heterocycles. The van der Waals surface area contributed by atoms with Crippen molar-refractivity contribution in [1.82, 2.24) is 4.98 Å². The van der Waals surface area contributed by atoms with Gasteiger partial charge in [0, 0.05) is 6.20 Å². The number of nitrogens with one attached hydrogen (secondary N) is 1. The Kier molecular flexibility index (Phi) is 3.76. The summed E-state index contributed by atoms with van der Waals surface area (Å²) in [5.41, 5.74) is 4.51. The molecule has 0 saturated heterocycles. The molecule has 0 bridgehead atoms. The molecule has 4 heteroatoms. The lowest BCUT2D eigenvalue weighted by Crippen LogP contribution is -2.07. The van der Waals surface area contributed by atoms with Crippen LogP contribution in [0.25, 0.3) is 0 Å². The van der Waals surface area contributed by atoms with Gasteiger partial charge in [-0.2, -0.15) is 0 Å². The Labute approximate surface area is 66.0 Å². The number of nitrogens with two attached hydrogens (primary N) is 1. The fourth-order valence-corrected chi connectivity index (χ4v) is 0.615. The van der Waals surface area contributed by atoms with Gasteiger partial charge in [0.2, 0.25) is 0 Å². The molecule has 3 nitrogen and oxygen atoms in total. The van der Waals surface area contributed by atoms with Gasteiger partial charge in [-0.3, -0.25) is 10.8 Å². The highest BCUT2D eigenvalue weighted by Crippen LogP contribution is 2.07. The number of hydrogen-bond donors (Lipinski definition) is 2. The zero-order valence-corrected chi connectivity index (χ0v) is 6.48.